The molecule has 0 aromatic heterocycles. The molecule has 0 N–H and O–H groups in total. The van der Waals surface area contributed by atoms with Gasteiger partial charge in [0.25, 0.3) is 0 Å². The average Bonchev–Trinajstić information content (AvgIpc) is 2.18. The second kappa shape index (κ2) is 6.87. The normalized spacial score (nSPS) is 12.2. The van der Waals surface area contributed by atoms with E-state index in [2.05, 4.69) is 57.2 Å². The summed E-state index contributed by atoms with van der Waals surface area (Å²) in [5, 5.41) is 0. The van der Waals surface area contributed by atoms with Crippen LogP contribution in [0.3, 0.4) is 0 Å². The maximum atomic E-state index is 2.37. The molecule has 0 radical (unpaired) electrons. The molecule has 1 aromatic carbocycles. The standard InChI is InChI=1S/C14H20Se/c1-12(2)8-7-9-13(3)15-14-10-5-4-6-11-14/h4-6,8,10-11,13H,7,9H2,1-3H3. The molecule has 0 amide bonds. The molecule has 1 atom stereocenters. The molecule has 1 heteroatoms. The van der Waals surface area contributed by atoms with Gasteiger partial charge in [-0.3, -0.25) is 0 Å². The van der Waals surface area contributed by atoms with Crippen molar-refractivity contribution in [3.63, 3.8) is 0 Å². The van der Waals surface area contributed by atoms with E-state index >= 15 is 0 Å². The Labute approximate surface area is 99.9 Å². The molecular formula is C14H20Se. The monoisotopic (exact) mass is 268 g/mol. The molecule has 0 saturated carbocycles. The zero-order valence-electron chi connectivity index (χ0n) is 9.86. The first-order valence-corrected chi connectivity index (χ1v) is 7.38. The Balaban J connectivity index is 2.30. The van der Waals surface area contributed by atoms with Crippen LogP contribution in [0.15, 0.2) is 42.0 Å². The number of allylic oxidation sites excluding steroid dienone is 2. The second-order valence-electron chi connectivity index (χ2n) is 4.10. The van der Waals surface area contributed by atoms with Crippen molar-refractivity contribution in [3.8, 4) is 0 Å². The van der Waals surface area contributed by atoms with Gasteiger partial charge >= 0.3 is 99.8 Å². The molecule has 0 bridgehead atoms. The van der Waals surface area contributed by atoms with Gasteiger partial charge in [-0.25, -0.2) is 0 Å². The SMILES string of the molecule is CC(C)=CCCC(C)[Se]c1ccccc1. The molecule has 0 aliphatic heterocycles. The molecule has 0 fully saturated rings. The number of rotatable bonds is 5. The van der Waals surface area contributed by atoms with Gasteiger partial charge in [-0.1, -0.05) is 0 Å². The molecule has 82 valence electrons. The minimum absolute atomic E-state index is 0.636. The number of hydrogen-bond donors (Lipinski definition) is 0. The van der Waals surface area contributed by atoms with E-state index in [1.807, 2.05) is 0 Å². The summed E-state index contributed by atoms with van der Waals surface area (Å²) in [6, 6.07) is 10.9. The summed E-state index contributed by atoms with van der Waals surface area (Å²) in [6.45, 7) is 6.71. The summed E-state index contributed by atoms with van der Waals surface area (Å²) >= 11 is 0.636. The van der Waals surface area contributed by atoms with Crippen molar-refractivity contribution < 1.29 is 0 Å². The maximum absolute atomic E-state index is 2.37. The van der Waals surface area contributed by atoms with Gasteiger partial charge in [0.05, 0.1) is 0 Å². The molecule has 0 heterocycles. The Morgan fingerprint density at radius 3 is 2.53 bits per heavy atom. The van der Waals surface area contributed by atoms with Crippen molar-refractivity contribution in [2.45, 2.75) is 38.4 Å². The van der Waals surface area contributed by atoms with E-state index in [9.17, 15) is 0 Å². The zero-order chi connectivity index (χ0) is 11.1. The van der Waals surface area contributed by atoms with Crippen LogP contribution in [0, 0.1) is 0 Å². The van der Waals surface area contributed by atoms with E-state index in [1.165, 1.54) is 22.9 Å². The van der Waals surface area contributed by atoms with Gasteiger partial charge in [-0.05, 0) is 0 Å². The van der Waals surface area contributed by atoms with E-state index < -0.39 is 0 Å². The number of hydrogen-bond acceptors (Lipinski definition) is 0. The molecule has 1 unspecified atom stereocenters. The predicted molar refractivity (Wildman–Crippen MR) is 69.9 cm³/mol. The number of benzene rings is 1. The first-order chi connectivity index (χ1) is 7.18. The van der Waals surface area contributed by atoms with Gasteiger partial charge in [0.1, 0.15) is 0 Å². The van der Waals surface area contributed by atoms with E-state index in [-0.39, 0.29) is 0 Å². The van der Waals surface area contributed by atoms with Crippen LogP contribution in [-0.2, 0) is 0 Å². The second-order valence-corrected chi connectivity index (χ2v) is 7.27. The molecule has 0 nitrogen and oxygen atoms in total. The van der Waals surface area contributed by atoms with Crippen LogP contribution in [0.2, 0.25) is 4.82 Å². The van der Waals surface area contributed by atoms with Crippen molar-refractivity contribution >= 4 is 19.4 Å². The third kappa shape index (κ3) is 5.81. The van der Waals surface area contributed by atoms with Crippen molar-refractivity contribution in [1.82, 2.24) is 0 Å². The molecule has 1 rings (SSSR count). The van der Waals surface area contributed by atoms with Gasteiger partial charge in [0.15, 0.2) is 0 Å². The van der Waals surface area contributed by atoms with Crippen LogP contribution >= 0.6 is 0 Å². The summed E-state index contributed by atoms with van der Waals surface area (Å²) in [7, 11) is 0. The third-order valence-electron chi connectivity index (χ3n) is 2.21. The molecule has 0 aliphatic rings. The van der Waals surface area contributed by atoms with Crippen LogP contribution in [0.4, 0.5) is 0 Å². The van der Waals surface area contributed by atoms with Crippen molar-refractivity contribution in [3.05, 3.63) is 42.0 Å². The third-order valence-corrected chi connectivity index (χ3v) is 4.69. The topological polar surface area (TPSA) is 0 Å². The molecule has 0 aliphatic carbocycles. The van der Waals surface area contributed by atoms with Gasteiger partial charge < -0.3 is 0 Å². The van der Waals surface area contributed by atoms with Crippen LogP contribution in [0.5, 0.6) is 0 Å². The fraction of sp³-hybridized carbons (Fsp3) is 0.429. The fourth-order valence-electron chi connectivity index (χ4n) is 1.40. The van der Waals surface area contributed by atoms with Crippen LogP contribution in [0.1, 0.15) is 33.6 Å². The van der Waals surface area contributed by atoms with Crippen LogP contribution in [-0.4, -0.2) is 15.0 Å². The van der Waals surface area contributed by atoms with Gasteiger partial charge in [-0.15, -0.1) is 0 Å². The quantitative estimate of drug-likeness (QED) is 0.565. The molecule has 0 spiro atoms. The van der Waals surface area contributed by atoms with Gasteiger partial charge in [0, 0.05) is 0 Å². The van der Waals surface area contributed by atoms with Crippen LogP contribution in [0.25, 0.3) is 0 Å². The molecule has 0 saturated heterocycles. The van der Waals surface area contributed by atoms with E-state index in [1.54, 1.807) is 0 Å². The van der Waals surface area contributed by atoms with E-state index in [0.717, 1.165) is 4.82 Å². The summed E-state index contributed by atoms with van der Waals surface area (Å²) in [4.78, 5) is 0.843. The summed E-state index contributed by atoms with van der Waals surface area (Å²) in [5.74, 6) is 0. The Morgan fingerprint density at radius 1 is 1.27 bits per heavy atom. The summed E-state index contributed by atoms with van der Waals surface area (Å²) in [6.07, 6.45) is 4.90. The summed E-state index contributed by atoms with van der Waals surface area (Å²) < 4.78 is 1.52. The van der Waals surface area contributed by atoms with Crippen LogP contribution < -0.4 is 4.46 Å². The summed E-state index contributed by atoms with van der Waals surface area (Å²) in [5.41, 5.74) is 1.44. The zero-order valence-corrected chi connectivity index (χ0v) is 11.6. The van der Waals surface area contributed by atoms with Crippen molar-refractivity contribution in [1.29, 1.82) is 0 Å². The van der Waals surface area contributed by atoms with Gasteiger partial charge in [0.2, 0.25) is 0 Å². The molecule has 15 heavy (non-hydrogen) atoms. The first-order valence-electron chi connectivity index (χ1n) is 5.53. The Hall–Kier alpha value is -0.521. The van der Waals surface area contributed by atoms with Crippen molar-refractivity contribution in [2.75, 3.05) is 0 Å². The Kier molecular flexibility index (Phi) is 5.75. The Morgan fingerprint density at radius 2 is 1.93 bits per heavy atom. The molecular weight excluding hydrogens is 247 g/mol. The van der Waals surface area contributed by atoms with Gasteiger partial charge in [-0.2, -0.15) is 0 Å². The van der Waals surface area contributed by atoms with Crippen molar-refractivity contribution in [2.24, 2.45) is 0 Å². The first kappa shape index (κ1) is 12.5. The Bertz CT molecular complexity index is 296. The van der Waals surface area contributed by atoms with E-state index in [0.29, 0.717) is 15.0 Å². The van der Waals surface area contributed by atoms with E-state index in [4.69, 9.17) is 0 Å². The predicted octanol–water partition coefficient (Wildman–Crippen LogP) is 3.57. The average molecular weight is 267 g/mol. The fourth-order valence-corrected chi connectivity index (χ4v) is 3.56. The minimum atomic E-state index is 0.636. The molecule has 1 aromatic rings.